The summed E-state index contributed by atoms with van der Waals surface area (Å²) in [6, 6.07) is 0. The lowest BCUT2D eigenvalue weighted by atomic mass is 10.1. The molecule has 2 heterocycles. The van der Waals surface area contributed by atoms with E-state index in [0.717, 1.165) is 11.3 Å². The molecule has 0 aliphatic heterocycles. The number of hydrogen-bond donors (Lipinski definition) is 1. The Labute approximate surface area is 165 Å². The Morgan fingerprint density at radius 2 is 1.89 bits per heavy atom. The molecule has 8 nitrogen and oxygen atoms in total. The lowest BCUT2D eigenvalue weighted by molar-refractivity contribution is -0.116. The van der Waals surface area contributed by atoms with Gasteiger partial charge < -0.3 is 14.8 Å². The zero-order chi connectivity index (χ0) is 20.0. The van der Waals surface area contributed by atoms with Gasteiger partial charge >= 0.3 is 11.9 Å². The Morgan fingerprint density at radius 1 is 1.22 bits per heavy atom. The van der Waals surface area contributed by atoms with Gasteiger partial charge in [-0.3, -0.25) is 9.48 Å². The molecule has 10 heteroatoms. The van der Waals surface area contributed by atoms with Crippen molar-refractivity contribution in [1.29, 1.82) is 0 Å². The van der Waals surface area contributed by atoms with Crippen molar-refractivity contribution in [2.75, 3.05) is 18.5 Å². The van der Waals surface area contributed by atoms with Crippen molar-refractivity contribution in [3.05, 3.63) is 33.4 Å². The van der Waals surface area contributed by atoms with Gasteiger partial charge in [-0.25, -0.2) is 9.59 Å². The van der Waals surface area contributed by atoms with E-state index in [4.69, 9.17) is 21.1 Å². The van der Waals surface area contributed by atoms with Gasteiger partial charge in [0.05, 0.1) is 30.0 Å². The van der Waals surface area contributed by atoms with Gasteiger partial charge in [-0.2, -0.15) is 5.10 Å². The van der Waals surface area contributed by atoms with E-state index in [0.29, 0.717) is 17.1 Å². The third kappa shape index (κ3) is 5.30. The Bertz CT molecular complexity index is 846. The van der Waals surface area contributed by atoms with Gasteiger partial charge in [-0.05, 0) is 26.3 Å². The Hall–Kier alpha value is -2.39. The topological polar surface area (TPSA) is 99.5 Å². The highest BCUT2D eigenvalue weighted by atomic mass is 35.5. The quantitative estimate of drug-likeness (QED) is 0.666. The fourth-order valence-corrected chi connectivity index (χ4v) is 3.57. The standard InChI is InChI=1S/C17H20ClN3O5S/c1-4-25-16(23)13-10(3)14(17(24)26-5-2)27-15(13)20-12(22)6-7-21-9-11(18)8-19-21/h8-9H,4-7H2,1-3H3,(H,20,22). The van der Waals surface area contributed by atoms with Crippen molar-refractivity contribution in [2.45, 2.75) is 33.7 Å². The van der Waals surface area contributed by atoms with Gasteiger partial charge in [0.25, 0.3) is 0 Å². The van der Waals surface area contributed by atoms with E-state index in [1.54, 1.807) is 27.0 Å². The smallest absolute Gasteiger partial charge is 0.348 e. The summed E-state index contributed by atoms with van der Waals surface area (Å²) in [5, 5.41) is 7.42. The molecule has 1 amide bonds. The molecule has 2 aromatic rings. The zero-order valence-electron chi connectivity index (χ0n) is 15.2. The van der Waals surface area contributed by atoms with Gasteiger partial charge in [0.1, 0.15) is 9.88 Å². The summed E-state index contributed by atoms with van der Waals surface area (Å²) < 4.78 is 11.6. The molecule has 0 aliphatic rings. The predicted octanol–water partition coefficient (Wildman–Crippen LogP) is 3.29. The number of thiophene rings is 1. The van der Waals surface area contributed by atoms with Crippen LogP contribution in [0.5, 0.6) is 0 Å². The van der Waals surface area contributed by atoms with Crippen molar-refractivity contribution in [2.24, 2.45) is 0 Å². The molecular weight excluding hydrogens is 394 g/mol. The number of hydrogen-bond acceptors (Lipinski definition) is 7. The number of ether oxygens (including phenoxy) is 2. The summed E-state index contributed by atoms with van der Waals surface area (Å²) >= 11 is 6.78. The number of carbonyl (C=O) groups is 3. The van der Waals surface area contributed by atoms with E-state index in [9.17, 15) is 14.4 Å². The van der Waals surface area contributed by atoms with Gasteiger partial charge in [-0.15, -0.1) is 11.3 Å². The van der Waals surface area contributed by atoms with Crippen LogP contribution in [0.3, 0.4) is 0 Å². The monoisotopic (exact) mass is 413 g/mol. The van der Waals surface area contributed by atoms with Crippen molar-refractivity contribution in [3.8, 4) is 0 Å². The molecule has 0 unspecified atom stereocenters. The number of carbonyl (C=O) groups excluding carboxylic acids is 3. The van der Waals surface area contributed by atoms with Gasteiger partial charge in [0.15, 0.2) is 0 Å². The molecule has 0 aliphatic carbocycles. The largest absolute Gasteiger partial charge is 0.462 e. The molecule has 2 rings (SSSR count). The normalized spacial score (nSPS) is 10.5. The summed E-state index contributed by atoms with van der Waals surface area (Å²) in [5.41, 5.74) is 0.589. The molecule has 0 radical (unpaired) electrons. The van der Waals surface area contributed by atoms with Gasteiger partial charge in [0.2, 0.25) is 5.91 Å². The number of anilines is 1. The highest BCUT2D eigenvalue weighted by molar-refractivity contribution is 7.18. The van der Waals surface area contributed by atoms with E-state index >= 15 is 0 Å². The number of aryl methyl sites for hydroxylation is 1. The van der Waals surface area contributed by atoms with Crippen LogP contribution >= 0.6 is 22.9 Å². The average Bonchev–Trinajstić information content (AvgIpc) is 3.16. The number of nitrogens with zero attached hydrogens (tertiary/aromatic N) is 2. The molecule has 0 bridgehead atoms. The number of aromatic nitrogens is 2. The van der Waals surface area contributed by atoms with Crippen LogP contribution in [0.2, 0.25) is 5.02 Å². The first-order valence-electron chi connectivity index (χ1n) is 8.32. The second-order valence-corrected chi connectivity index (χ2v) is 6.88. The molecule has 0 saturated carbocycles. The third-order valence-corrected chi connectivity index (χ3v) is 4.89. The minimum Gasteiger partial charge on any atom is -0.462 e. The zero-order valence-corrected chi connectivity index (χ0v) is 16.8. The number of esters is 2. The van der Waals surface area contributed by atoms with Crippen LogP contribution in [0, 0.1) is 6.92 Å². The van der Waals surface area contributed by atoms with Crippen LogP contribution in [-0.4, -0.2) is 40.8 Å². The Balaban J connectivity index is 2.19. The molecule has 27 heavy (non-hydrogen) atoms. The average molecular weight is 414 g/mol. The van der Waals surface area contributed by atoms with Crippen LogP contribution in [0.1, 0.15) is 45.9 Å². The van der Waals surface area contributed by atoms with Crippen molar-refractivity contribution >= 4 is 45.8 Å². The minimum atomic E-state index is -0.601. The summed E-state index contributed by atoms with van der Waals surface area (Å²) in [7, 11) is 0. The molecule has 0 spiro atoms. The van der Waals surface area contributed by atoms with Crippen molar-refractivity contribution in [1.82, 2.24) is 9.78 Å². The number of amides is 1. The van der Waals surface area contributed by atoms with E-state index in [1.165, 1.54) is 10.9 Å². The highest BCUT2D eigenvalue weighted by Gasteiger charge is 2.27. The SMILES string of the molecule is CCOC(=O)c1sc(NC(=O)CCn2cc(Cl)cn2)c(C(=O)OCC)c1C. The minimum absolute atomic E-state index is 0.117. The molecule has 0 atom stereocenters. The van der Waals surface area contributed by atoms with Crippen LogP contribution in [0.4, 0.5) is 5.00 Å². The molecule has 2 aromatic heterocycles. The Kier molecular flexibility index (Phi) is 7.37. The van der Waals surface area contributed by atoms with Crippen LogP contribution in [0.25, 0.3) is 0 Å². The first kappa shape index (κ1) is 20.9. The fraction of sp³-hybridized carbons (Fsp3) is 0.412. The molecule has 0 fully saturated rings. The van der Waals surface area contributed by atoms with Gasteiger partial charge in [-0.1, -0.05) is 11.6 Å². The van der Waals surface area contributed by atoms with E-state index < -0.39 is 11.9 Å². The Morgan fingerprint density at radius 3 is 2.48 bits per heavy atom. The van der Waals surface area contributed by atoms with E-state index in [-0.39, 0.29) is 41.0 Å². The lowest BCUT2D eigenvalue weighted by Crippen LogP contribution is -2.16. The summed E-state index contributed by atoms with van der Waals surface area (Å²) in [6.07, 6.45) is 3.20. The molecular formula is C17H20ClN3O5S. The second kappa shape index (κ2) is 9.52. The van der Waals surface area contributed by atoms with Gasteiger partial charge in [0, 0.05) is 19.2 Å². The summed E-state index contributed by atoms with van der Waals surface area (Å²) in [5.74, 6) is -1.47. The van der Waals surface area contributed by atoms with Crippen LogP contribution in [0.15, 0.2) is 12.4 Å². The van der Waals surface area contributed by atoms with Crippen molar-refractivity contribution < 1.29 is 23.9 Å². The molecule has 0 aromatic carbocycles. The predicted molar refractivity (Wildman–Crippen MR) is 101 cm³/mol. The first-order valence-corrected chi connectivity index (χ1v) is 9.52. The summed E-state index contributed by atoms with van der Waals surface area (Å²) in [6.45, 7) is 5.70. The van der Waals surface area contributed by atoms with Crippen LogP contribution < -0.4 is 5.32 Å². The van der Waals surface area contributed by atoms with Crippen LogP contribution in [-0.2, 0) is 20.8 Å². The van der Waals surface area contributed by atoms with E-state index in [1.807, 2.05) is 0 Å². The lowest BCUT2D eigenvalue weighted by Gasteiger charge is -2.07. The molecule has 1 N–H and O–H groups in total. The molecule has 146 valence electrons. The maximum Gasteiger partial charge on any atom is 0.348 e. The number of halogens is 1. The first-order chi connectivity index (χ1) is 12.9. The number of nitrogens with one attached hydrogen (secondary N) is 1. The molecule has 0 saturated heterocycles. The fourth-order valence-electron chi connectivity index (χ4n) is 2.31. The summed E-state index contributed by atoms with van der Waals surface area (Å²) in [4.78, 5) is 37.0. The maximum absolute atomic E-state index is 12.3. The second-order valence-electron chi connectivity index (χ2n) is 5.42. The number of rotatable bonds is 8. The van der Waals surface area contributed by atoms with E-state index in [2.05, 4.69) is 10.4 Å². The third-order valence-electron chi connectivity index (χ3n) is 3.51. The van der Waals surface area contributed by atoms with Crippen molar-refractivity contribution in [3.63, 3.8) is 0 Å². The highest BCUT2D eigenvalue weighted by Crippen LogP contribution is 2.34. The maximum atomic E-state index is 12.3.